The van der Waals surface area contributed by atoms with Gasteiger partial charge in [-0.2, -0.15) is 0 Å². The van der Waals surface area contributed by atoms with E-state index in [0.717, 1.165) is 12.1 Å². The van der Waals surface area contributed by atoms with E-state index in [9.17, 15) is 4.79 Å². The summed E-state index contributed by atoms with van der Waals surface area (Å²) in [5.41, 5.74) is 7.46. The van der Waals surface area contributed by atoms with Crippen LogP contribution in [0.4, 0.5) is 0 Å². The molecule has 0 radical (unpaired) electrons. The first-order valence-corrected chi connectivity index (χ1v) is 6.74. The average molecular weight is 276 g/mol. The number of hydrogen-bond donors (Lipinski definition) is 2. The minimum absolute atomic E-state index is 0.00170. The molecule has 1 amide bonds. The van der Waals surface area contributed by atoms with E-state index in [1.807, 2.05) is 24.3 Å². The Morgan fingerprint density at radius 3 is 2.40 bits per heavy atom. The summed E-state index contributed by atoms with van der Waals surface area (Å²) in [6.07, 6.45) is 0. The van der Waals surface area contributed by atoms with Gasteiger partial charge in [0.2, 0.25) is 0 Å². The van der Waals surface area contributed by atoms with Crippen molar-refractivity contribution in [2.75, 3.05) is 20.6 Å². The molecule has 3 N–H and O–H groups in total. The molecule has 0 heterocycles. The van der Waals surface area contributed by atoms with Gasteiger partial charge in [-0.25, -0.2) is 4.99 Å². The standard InChI is InChI=1S/C15H24N4O/c1-11(2)9-17-15(16)18-10-12-5-7-13(8-6-12)14(20)19(3)4/h5-8,11H,9-10H2,1-4H3,(H3,16,17,18). The Hall–Kier alpha value is -2.04. The van der Waals surface area contributed by atoms with Crippen LogP contribution in [0.15, 0.2) is 29.3 Å². The van der Waals surface area contributed by atoms with Gasteiger partial charge in [-0.05, 0) is 23.6 Å². The molecule has 20 heavy (non-hydrogen) atoms. The first kappa shape index (κ1) is 16.0. The first-order valence-electron chi connectivity index (χ1n) is 6.74. The number of carbonyl (C=O) groups excluding carboxylic acids is 1. The quantitative estimate of drug-likeness (QED) is 0.631. The van der Waals surface area contributed by atoms with Gasteiger partial charge in [0.05, 0.1) is 6.54 Å². The molecular formula is C15H24N4O. The summed E-state index contributed by atoms with van der Waals surface area (Å²) in [5.74, 6) is 0.977. The van der Waals surface area contributed by atoms with E-state index in [-0.39, 0.29) is 5.91 Å². The molecule has 1 aromatic carbocycles. The van der Waals surface area contributed by atoms with Gasteiger partial charge in [-0.3, -0.25) is 4.79 Å². The van der Waals surface area contributed by atoms with E-state index >= 15 is 0 Å². The monoisotopic (exact) mass is 276 g/mol. The Balaban J connectivity index is 2.57. The van der Waals surface area contributed by atoms with E-state index in [1.165, 1.54) is 0 Å². The molecule has 0 aliphatic carbocycles. The van der Waals surface area contributed by atoms with Gasteiger partial charge in [0, 0.05) is 26.2 Å². The van der Waals surface area contributed by atoms with Crippen LogP contribution in [0.1, 0.15) is 29.8 Å². The van der Waals surface area contributed by atoms with Crippen LogP contribution >= 0.6 is 0 Å². The zero-order valence-electron chi connectivity index (χ0n) is 12.7. The zero-order chi connectivity index (χ0) is 15.1. The van der Waals surface area contributed by atoms with Crippen LogP contribution in [0.2, 0.25) is 0 Å². The zero-order valence-corrected chi connectivity index (χ0v) is 12.7. The lowest BCUT2D eigenvalue weighted by Crippen LogP contribution is -2.34. The third-order valence-electron chi connectivity index (χ3n) is 2.73. The van der Waals surface area contributed by atoms with Crippen molar-refractivity contribution in [1.82, 2.24) is 10.2 Å². The van der Waals surface area contributed by atoms with Gasteiger partial charge in [0.15, 0.2) is 5.96 Å². The second-order valence-corrected chi connectivity index (χ2v) is 5.37. The summed E-state index contributed by atoms with van der Waals surface area (Å²) < 4.78 is 0. The Morgan fingerprint density at radius 2 is 1.90 bits per heavy atom. The number of nitrogens with zero attached hydrogens (tertiary/aromatic N) is 2. The lowest BCUT2D eigenvalue weighted by Gasteiger charge is -2.10. The highest BCUT2D eigenvalue weighted by molar-refractivity contribution is 5.93. The van der Waals surface area contributed by atoms with E-state index in [0.29, 0.717) is 24.0 Å². The number of hydrogen-bond acceptors (Lipinski definition) is 2. The topological polar surface area (TPSA) is 70.7 Å². The fourth-order valence-corrected chi connectivity index (χ4v) is 1.55. The number of rotatable bonds is 5. The van der Waals surface area contributed by atoms with Crippen molar-refractivity contribution in [3.05, 3.63) is 35.4 Å². The molecule has 0 aliphatic heterocycles. The molecular weight excluding hydrogens is 252 g/mol. The van der Waals surface area contributed by atoms with Crippen molar-refractivity contribution < 1.29 is 4.79 Å². The normalized spacial score (nSPS) is 11.6. The fourth-order valence-electron chi connectivity index (χ4n) is 1.55. The summed E-state index contributed by atoms with van der Waals surface area (Å²) in [6, 6.07) is 7.42. The highest BCUT2D eigenvalue weighted by Crippen LogP contribution is 2.07. The number of benzene rings is 1. The summed E-state index contributed by atoms with van der Waals surface area (Å²) in [4.78, 5) is 17.6. The van der Waals surface area contributed by atoms with Crippen molar-refractivity contribution in [2.45, 2.75) is 20.4 Å². The second kappa shape index (κ2) is 7.53. The second-order valence-electron chi connectivity index (χ2n) is 5.37. The van der Waals surface area contributed by atoms with Gasteiger partial charge in [0.1, 0.15) is 0 Å². The van der Waals surface area contributed by atoms with Gasteiger partial charge in [-0.1, -0.05) is 26.0 Å². The molecule has 5 nitrogen and oxygen atoms in total. The maximum atomic E-state index is 11.7. The molecule has 110 valence electrons. The summed E-state index contributed by atoms with van der Waals surface area (Å²) in [5, 5.41) is 3.06. The van der Waals surface area contributed by atoms with Crippen molar-refractivity contribution in [2.24, 2.45) is 16.6 Å². The molecule has 1 rings (SSSR count). The maximum Gasteiger partial charge on any atom is 0.253 e. The van der Waals surface area contributed by atoms with Crippen LogP contribution in [-0.4, -0.2) is 37.4 Å². The molecule has 0 saturated carbocycles. The van der Waals surface area contributed by atoms with Gasteiger partial charge in [-0.15, -0.1) is 0 Å². The molecule has 0 aliphatic rings. The molecule has 0 fully saturated rings. The third kappa shape index (κ3) is 5.30. The van der Waals surface area contributed by atoms with Crippen LogP contribution in [0.5, 0.6) is 0 Å². The first-order chi connectivity index (χ1) is 9.40. The number of nitrogens with one attached hydrogen (secondary N) is 1. The van der Waals surface area contributed by atoms with Gasteiger partial charge >= 0.3 is 0 Å². The highest BCUT2D eigenvalue weighted by atomic mass is 16.2. The Morgan fingerprint density at radius 1 is 1.30 bits per heavy atom. The van der Waals surface area contributed by atoms with Gasteiger partial charge < -0.3 is 16.0 Å². The smallest absolute Gasteiger partial charge is 0.253 e. The summed E-state index contributed by atoms with van der Waals surface area (Å²) in [6.45, 7) is 5.54. The third-order valence-corrected chi connectivity index (χ3v) is 2.73. The number of amides is 1. The minimum atomic E-state index is -0.00170. The molecule has 5 heteroatoms. The van der Waals surface area contributed by atoms with Crippen LogP contribution in [0.3, 0.4) is 0 Å². The predicted molar refractivity (Wildman–Crippen MR) is 82.6 cm³/mol. The highest BCUT2D eigenvalue weighted by Gasteiger charge is 2.06. The summed E-state index contributed by atoms with van der Waals surface area (Å²) >= 11 is 0. The molecule has 0 bridgehead atoms. The Bertz CT molecular complexity index is 463. The molecule has 0 atom stereocenters. The molecule has 0 aromatic heterocycles. The summed E-state index contributed by atoms with van der Waals surface area (Å²) in [7, 11) is 3.48. The van der Waals surface area contributed by atoms with Crippen molar-refractivity contribution >= 4 is 11.9 Å². The van der Waals surface area contributed by atoms with Crippen LogP contribution < -0.4 is 11.1 Å². The number of aliphatic imine (C=N–C) groups is 1. The minimum Gasteiger partial charge on any atom is -0.370 e. The van der Waals surface area contributed by atoms with E-state index in [2.05, 4.69) is 24.2 Å². The molecule has 1 aromatic rings. The van der Waals surface area contributed by atoms with E-state index in [1.54, 1.807) is 19.0 Å². The Labute approximate surface area is 120 Å². The largest absolute Gasteiger partial charge is 0.370 e. The van der Waals surface area contributed by atoms with Crippen LogP contribution in [0, 0.1) is 5.92 Å². The van der Waals surface area contributed by atoms with Crippen molar-refractivity contribution in [1.29, 1.82) is 0 Å². The Kier molecular flexibility index (Phi) is 6.03. The van der Waals surface area contributed by atoms with Crippen LogP contribution in [-0.2, 0) is 6.54 Å². The van der Waals surface area contributed by atoms with E-state index < -0.39 is 0 Å². The maximum absolute atomic E-state index is 11.7. The SMILES string of the molecule is CC(C)CNC(N)=NCc1ccc(C(=O)N(C)C)cc1. The van der Waals surface area contributed by atoms with E-state index in [4.69, 9.17) is 5.73 Å². The van der Waals surface area contributed by atoms with Crippen molar-refractivity contribution in [3.63, 3.8) is 0 Å². The molecule has 0 saturated heterocycles. The number of guanidine groups is 1. The number of carbonyl (C=O) groups is 1. The lowest BCUT2D eigenvalue weighted by molar-refractivity contribution is 0.0827. The fraction of sp³-hybridized carbons (Fsp3) is 0.467. The van der Waals surface area contributed by atoms with Crippen molar-refractivity contribution in [3.8, 4) is 0 Å². The predicted octanol–water partition coefficient (Wildman–Crippen LogP) is 1.45. The van der Waals surface area contributed by atoms with Crippen LogP contribution in [0.25, 0.3) is 0 Å². The molecule has 0 spiro atoms. The van der Waals surface area contributed by atoms with Gasteiger partial charge in [0.25, 0.3) is 5.91 Å². The molecule has 0 unspecified atom stereocenters. The number of nitrogens with two attached hydrogens (primary N) is 1. The average Bonchev–Trinajstić information content (AvgIpc) is 2.42. The lowest BCUT2D eigenvalue weighted by atomic mass is 10.1.